The largest absolute Gasteiger partial charge is 0.466 e. The van der Waals surface area contributed by atoms with Gasteiger partial charge in [-0.15, -0.1) is 0 Å². The lowest BCUT2D eigenvalue weighted by Crippen LogP contribution is -2.52. The van der Waals surface area contributed by atoms with Crippen LogP contribution in [0.5, 0.6) is 0 Å². The molecule has 0 aliphatic carbocycles. The standard InChI is InChI=1S/C29H32N4O4/c1-20-24(27(34)36-4)26(29(3)13-5-6-14-31-29)25(21(2)32-20)28(35)37-17-7-8-22-9-11-23(12-10-22)18-33-16-15-30-19-33/h5-16,19,26,31-32H,17-18H2,1-4H3/b8-7+. The molecule has 0 saturated carbocycles. The van der Waals surface area contributed by atoms with Crippen LogP contribution in [-0.4, -0.2) is 40.7 Å². The summed E-state index contributed by atoms with van der Waals surface area (Å²) in [7, 11) is 1.34. The summed E-state index contributed by atoms with van der Waals surface area (Å²) in [6.45, 7) is 6.41. The summed E-state index contributed by atoms with van der Waals surface area (Å²) < 4.78 is 12.7. The molecular formula is C29H32N4O4. The molecule has 2 atom stereocenters. The molecule has 0 fully saturated rings. The summed E-state index contributed by atoms with van der Waals surface area (Å²) in [4.78, 5) is 30.2. The molecule has 0 amide bonds. The van der Waals surface area contributed by atoms with Crippen LogP contribution >= 0.6 is 0 Å². The van der Waals surface area contributed by atoms with Crippen LogP contribution in [0.3, 0.4) is 0 Å². The van der Waals surface area contributed by atoms with Crippen LogP contribution in [-0.2, 0) is 25.6 Å². The minimum absolute atomic E-state index is 0.0925. The normalized spacial score (nSPS) is 21.1. The van der Waals surface area contributed by atoms with Crippen molar-refractivity contribution in [1.29, 1.82) is 0 Å². The van der Waals surface area contributed by atoms with Gasteiger partial charge in [-0.1, -0.05) is 42.5 Å². The zero-order valence-electron chi connectivity index (χ0n) is 21.5. The smallest absolute Gasteiger partial charge is 0.336 e. The van der Waals surface area contributed by atoms with Crippen molar-refractivity contribution < 1.29 is 19.1 Å². The number of aromatic nitrogens is 2. The Morgan fingerprint density at radius 2 is 1.84 bits per heavy atom. The molecule has 192 valence electrons. The van der Waals surface area contributed by atoms with Crippen LogP contribution in [0.2, 0.25) is 0 Å². The number of carbonyl (C=O) groups is 2. The van der Waals surface area contributed by atoms with E-state index in [-0.39, 0.29) is 6.61 Å². The Bertz CT molecular complexity index is 1300. The quantitative estimate of drug-likeness (QED) is 0.532. The second-order valence-electron chi connectivity index (χ2n) is 9.25. The number of imidazole rings is 1. The van der Waals surface area contributed by atoms with Gasteiger partial charge in [-0.3, -0.25) is 0 Å². The van der Waals surface area contributed by atoms with Gasteiger partial charge in [-0.05, 0) is 50.3 Å². The molecule has 2 unspecified atom stereocenters. The summed E-state index contributed by atoms with van der Waals surface area (Å²) in [5, 5.41) is 6.47. The summed E-state index contributed by atoms with van der Waals surface area (Å²) in [5.41, 5.74) is 3.50. The highest BCUT2D eigenvalue weighted by atomic mass is 16.5. The molecule has 2 aromatic rings. The molecule has 1 aromatic heterocycles. The number of esters is 2. The molecule has 37 heavy (non-hydrogen) atoms. The molecule has 2 aliphatic rings. The van der Waals surface area contributed by atoms with Gasteiger partial charge >= 0.3 is 11.9 Å². The van der Waals surface area contributed by atoms with Crippen molar-refractivity contribution in [2.45, 2.75) is 32.9 Å². The van der Waals surface area contributed by atoms with E-state index < -0.39 is 23.4 Å². The van der Waals surface area contributed by atoms with E-state index in [1.807, 2.05) is 61.0 Å². The van der Waals surface area contributed by atoms with Crippen LogP contribution < -0.4 is 10.6 Å². The first kappa shape index (κ1) is 25.8. The third-order valence-electron chi connectivity index (χ3n) is 6.55. The Hall–Kier alpha value is -4.33. The Labute approximate surface area is 217 Å². The van der Waals surface area contributed by atoms with E-state index in [1.165, 1.54) is 12.7 Å². The number of dihydropyridines is 2. The van der Waals surface area contributed by atoms with E-state index in [2.05, 4.69) is 27.8 Å². The highest BCUT2D eigenvalue weighted by molar-refractivity contribution is 5.98. The van der Waals surface area contributed by atoms with Gasteiger partial charge in [-0.25, -0.2) is 14.6 Å². The van der Waals surface area contributed by atoms with Crippen molar-refractivity contribution >= 4 is 18.0 Å². The maximum atomic E-state index is 13.4. The van der Waals surface area contributed by atoms with E-state index in [0.717, 1.165) is 12.1 Å². The number of hydrogen-bond acceptors (Lipinski definition) is 7. The minimum atomic E-state index is -0.731. The van der Waals surface area contributed by atoms with Gasteiger partial charge in [-0.2, -0.15) is 0 Å². The number of ether oxygens (including phenoxy) is 2. The highest BCUT2D eigenvalue weighted by Gasteiger charge is 2.46. The van der Waals surface area contributed by atoms with Gasteiger partial charge in [0.15, 0.2) is 0 Å². The molecular weight excluding hydrogens is 468 g/mol. The second-order valence-corrected chi connectivity index (χ2v) is 9.25. The van der Waals surface area contributed by atoms with E-state index in [4.69, 9.17) is 9.47 Å². The third-order valence-corrected chi connectivity index (χ3v) is 6.55. The molecule has 0 saturated heterocycles. The lowest BCUT2D eigenvalue weighted by Gasteiger charge is -2.41. The highest BCUT2D eigenvalue weighted by Crippen LogP contribution is 2.40. The summed E-state index contributed by atoms with van der Waals surface area (Å²) in [5.74, 6) is -1.59. The first-order valence-corrected chi connectivity index (χ1v) is 12.1. The number of nitrogens with one attached hydrogen (secondary N) is 2. The molecule has 8 heteroatoms. The molecule has 0 spiro atoms. The lowest BCUT2D eigenvalue weighted by atomic mass is 9.72. The van der Waals surface area contributed by atoms with Gasteiger partial charge in [0.2, 0.25) is 0 Å². The Morgan fingerprint density at radius 3 is 2.46 bits per heavy atom. The minimum Gasteiger partial charge on any atom is -0.466 e. The maximum Gasteiger partial charge on any atom is 0.336 e. The molecule has 1 aromatic carbocycles. The predicted octanol–water partition coefficient (Wildman–Crippen LogP) is 3.86. The fraction of sp³-hybridized carbons (Fsp3) is 0.276. The molecule has 3 heterocycles. The predicted molar refractivity (Wildman–Crippen MR) is 142 cm³/mol. The number of allylic oxidation sites excluding steroid dienone is 4. The van der Waals surface area contributed by atoms with E-state index in [1.54, 1.807) is 31.7 Å². The summed E-state index contributed by atoms with van der Waals surface area (Å²) in [6.07, 6.45) is 16.7. The number of benzene rings is 1. The van der Waals surface area contributed by atoms with Crippen LogP contribution in [0, 0.1) is 5.92 Å². The molecule has 0 radical (unpaired) electrons. The van der Waals surface area contributed by atoms with Crippen molar-refractivity contribution in [3.05, 3.63) is 107 Å². The fourth-order valence-electron chi connectivity index (χ4n) is 4.72. The van der Waals surface area contributed by atoms with Gasteiger partial charge < -0.3 is 24.7 Å². The molecule has 4 rings (SSSR count). The van der Waals surface area contributed by atoms with Gasteiger partial charge in [0.1, 0.15) is 6.61 Å². The zero-order valence-corrected chi connectivity index (χ0v) is 21.5. The van der Waals surface area contributed by atoms with Crippen molar-refractivity contribution in [1.82, 2.24) is 20.2 Å². The number of carbonyl (C=O) groups excluding carboxylic acids is 2. The van der Waals surface area contributed by atoms with Crippen LogP contribution in [0.25, 0.3) is 6.08 Å². The maximum absolute atomic E-state index is 13.4. The van der Waals surface area contributed by atoms with Crippen molar-refractivity contribution in [3.63, 3.8) is 0 Å². The zero-order chi connectivity index (χ0) is 26.4. The monoisotopic (exact) mass is 500 g/mol. The Kier molecular flexibility index (Phi) is 7.77. The van der Waals surface area contributed by atoms with E-state index >= 15 is 0 Å². The van der Waals surface area contributed by atoms with E-state index in [9.17, 15) is 9.59 Å². The molecule has 2 aliphatic heterocycles. The van der Waals surface area contributed by atoms with Crippen LogP contribution in [0.4, 0.5) is 0 Å². The molecule has 8 nitrogen and oxygen atoms in total. The second kappa shape index (κ2) is 11.2. The van der Waals surface area contributed by atoms with Gasteiger partial charge in [0, 0.05) is 30.3 Å². The lowest BCUT2D eigenvalue weighted by molar-refractivity contribution is -0.139. The number of methoxy groups -OCH3 is 1. The van der Waals surface area contributed by atoms with Gasteiger partial charge in [0.25, 0.3) is 0 Å². The first-order valence-electron chi connectivity index (χ1n) is 12.1. The number of rotatable bonds is 8. The van der Waals surface area contributed by atoms with E-state index in [0.29, 0.717) is 22.5 Å². The Morgan fingerprint density at radius 1 is 1.11 bits per heavy atom. The number of nitrogens with zero attached hydrogens (tertiary/aromatic N) is 2. The SMILES string of the molecule is COC(=O)C1=C(C)NC(C)=C(C(=O)OC/C=C/c2ccc(Cn3ccnc3)cc2)C1C1(C)C=CC=CN1. The van der Waals surface area contributed by atoms with Crippen LogP contribution in [0.15, 0.2) is 96.0 Å². The third kappa shape index (κ3) is 5.74. The molecule has 0 bridgehead atoms. The molecule has 2 N–H and O–H groups in total. The van der Waals surface area contributed by atoms with Crippen molar-refractivity contribution in [3.8, 4) is 0 Å². The van der Waals surface area contributed by atoms with Crippen LogP contribution in [0.1, 0.15) is 31.9 Å². The average molecular weight is 501 g/mol. The van der Waals surface area contributed by atoms with Crippen molar-refractivity contribution in [2.24, 2.45) is 5.92 Å². The Balaban J connectivity index is 1.47. The first-order chi connectivity index (χ1) is 17.8. The topological polar surface area (TPSA) is 94.5 Å². The summed E-state index contributed by atoms with van der Waals surface area (Å²) >= 11 is 0. The number of hydrogen-bond donors (Lipinski definition) is 2. The van der Waals surface area contributed by atoms with Crippen molar-refractivity contribution in [2.75, 3.05) is 13.7 Å². The fourth-order valence-corrected chi connectivity index (χ4v) is 4.72. The average Bonchev–Trinajstić information content (AvgIpc) is 3.40. The van der Waals surface area contributed by atoms with Gasteiger partial charge in [0.05, 0.1) is 36.0 Å². The summed E-state index contributed by atoms with van der Waals surface area (Å²) in [6, 6.07) is 8.15.